The summed E-state index contributed by atoms with van der Waals surface area (Å²) in [5, 5.41) is 10.2. The molecule has 0 fully saturated rings. The van der Waals surface area contributed by atoms with Gasteiger partial charge < -0.3 is 15.4 Å². The highest BCUT2D eigenvalue weighted by Crippen LogP contribution is 2.22. The van der Waals surface area contributed by atoms with Crippen LogP contribution in [-0.2, 0) is 13.1 Å². The summed E-state index contributed by atoms with van der Waals surface area (Å²) in [5.74, 6) is 1.69. The van der Waals surface area contributed by atoms with Crippen molar-refractivity contribution in [3.05, 3.63) is 57.5 Å². The number of fused-ring (bicyclic) bond motifs is 1. The molecule has 0 aliphatic carbocycles. The minimum absolute atomic E-state index is 0.623. The number of guanidine groups is 1. The number of nitrogens with zero attached hydrogens (tertiary/aromatic N) is 2. The quantitative estimate of drug-likeness (QED) is 0.496. The monoisotopic (exact) mass is 382 g/mol. The smallest absolute Gasteiger partial charge is 0.191 e. The summed E-state index contributed by atoms with van der Waals surface area (Å²) in [6.07, 6.45) is 0. The van der Waals surface area contributed by atoms with Crippen LogP contribution in [0.1, 0.15) is 28.1 Å². The van der Waals surface area contributed by atoms with Crippen molar-refractivity contribution in [3.8, 4) is 5.75 Å². The maximum atomic E-state index is 5.29. The van der Waals surface area contributed by atoms with Crippen LogP contribution >= 0.6 is 11.3 Å². The van der Waals surface area contributed by atoms with Gasteiger partial charge in [0.15, 0.2) is 5.96 Å². The van der Waals surface area contributed by atoms with E-state index >= 15 is 0 Å². The Morgan fingerprint density at radius 2 is 1.89 bits per heavy atom. The highest BCUT2D eigenvalue weighted by Gasteiger charge is 2.06. The molecule has 3 aromatic rings. The lowest BCUT2D eigenvalue weighted by atomic mass is 10.1. The predicted octanol–water partition coefficient (Wildman–Crippen LogP) is 4.18. The van der Waals surface area contributed by atoms with Gasteiger partial charge in [0.25, 0.3) is 0 Å². The molecule has 3 rings (SSSR count). The number of hydrogen-bond donors (Lipinski definition) is 2. The van der Waals surface area contributed by atoms with Crippen LogP contribution in [0.3, 0.4) is 0 Å². The number of nitrogens with one attached hydrogen (secondary N) is 2. The van der Waals surface area contributed by atoms with E-state index in [1.54, 1.807) is 18.4 Å². The number of methoxy groups -OCH3 is 1. The van der Waals surface area contributed by atoms with Gasteiger partial charge in [-0.15, -0.1) is 11.3 Å². The molecular formula is C21H26N4OS. The summed E-state index contributed by atoms with van der Waals surface area (Å²) in [7, 11) is 1.69. The number of aryl methyl sites for hydroxylation is 2. The lowest BCUT2D eigenvalue weighted by molar-refractivity contribution is 0.415. The van der Waals surface area contributed by atoms with Crippen LogP contribution in [0.4, 0.5) is 0 Å². The van der Waals surface area contributed by atoms with Crippen LogP contribution in [0.5, 0.6) is 5.75 Å². The minimum Gasteiger partial charge on any atom is -0.497 e. The van der Waals surface area contributed by atoms with Gasteiger partial charge in [-0.2, -0.15) is 0 Å². The van der Waals surface area contributed by atoms with Crippen molar-refractivity contribution in [2.75, 3.05) is 13.7 Å². The van der Waals surface area contributed by atoms with Gasteiger partial charge in [-0.1, -0.05) is 18.2 Å². The van der Waals surface area contributed by atoms with Crippen LogP contribution in [0.15, 0.2) is 41.4 Å². The largest absolute Gasteiger partial charge is 0.497 e. The average molecular weight is 383 g/mol. The number of aromatic nitrogens is 1. The van der Waals surface area contributed by atoms with Crippen molar-refractivity contribution in [2.24, 2.45) is 4.99 Å². The molecule has 142 valence electrons. The van der Waals surface area contributed by atoms with Gasteiger partial charge >= 0.3 is 0 Å². The average Bonchev–Trinajstić information content (AvgIpc) is 3.00. The normalized spacial score (nSPS) is 11.6. The Morgan fingerprint density at radius 1 is 1.11 bits per heavy atom. The predicted molar refractivity (Wildman–Crippen MR) is 114 cm³/mol. The summed E-state index contributed by atoms with van der Waals surface area (Å²) in [4.78, 5) is 10.5. The van der Waals surface area contributed by atoms with E-state index in [9.17, 15) is 0 Å². The van der Waals surface area contributed by atoms with Gasteiger partial charge in [-0.25, -0.2) is 9.98 Å². The lowest BCUT2D eigenvalue weighted by Crippen LogP contribution is -2.36. The molecule has 0 atom stereocenters. The summed E-state index contributed by atoms with van der Waals surface area (Å²) < 4.78 is 5.29. The van der Waals surface area contributed by atoms with Crippen LogP contribution in [0, 0.1) is 13.8 Å². The van der Waals surface area contributed by atoms with Crippen molar-refractivity contribution in [2.45, 2.75) is 33.9 Å². The molecule has 0 aliphatic heterocycles. The van der Waals surface area contributed by atoms with E-state index < -0.39 is 0 Å². The maximum Gasteiger partial charge on any atom is 0.191 e. The SMILES string of the molecule is CCNC(=NCc1ccc2cc(OC)ccc2c1)NCc1sc(C)nc1C. The molecule has 0 saturated carbocycles. The van der Waals surface area contributed by atoms with Crippen molar-refractivity contribution >= 4 is 28.1 Å². The molecule has 2 N–H and O–H groups in total. The third-order valence-electron chi connectivity index (χ3n) is 4.29. The molecule has 0 aliphatic rings. The van der Waals surface area contributed by atoms with Crippen molar-refractivity contribution < 1.29 is 4.74 Å². The number of hydrogen-bond acceptors (Lipinski definition) is 4. The highest BCUT2D eigenvalue weighted by molar-refractivity contribution is 7.11. The van der Waals surface area contributed by atoms with E-state index in [4.69, 9.17) is 9.73 Å². The van der Waals surface area contributed by atoms with Crippen molar-refractivity contribution in [1.82, 2.24) is 15.6 Å². The molecule has 27 heavy (non-hydrogen) atoms. The van der Waals surface area contributed by atoms with Gasteiger partial charge in [-0.3, -0.25) is 0 Å². The number of ether oxygens (including phenoxy) is 1. The number of rotatable bonds is 6. The van der Waals surface area contributed by atoms with E-state index in [1.165, 1.54) is 21.2 Å². The fourth-order valence-electron chi connectivity index (χ4n) is 2.91. The number of thiazole rings is 1. The van der Waals surface area contributed by atoms with Crippen molar-refractivity contribution in [1.29, 1.82) is 0 Å². The van der Waals surface area contributed by atoms with Gasteiger partial charge in [0.1, 0.15) is 5.75 Å². The van der Waals surface area contributed by atoms with Crippen LogP contribution in [-0.4, -0.2) is 24.6 Å². The van der Waals surface area contributed by atoms with Crippen LogP contribution in [0.2, 0.25) is 0 Å². The zero-order valence-corrected chi connectivity index (χ0v) is 17.1. The highest BCUT2D eigenvalue weighted by atomic mass is 32.1. The second kappa shape index (κ2) is 8.86. The molecule has 5 nitrogen and oxygen atoms in total. The van der Waals surface area contributed by atoms with Crippen molar-refractivity contribution in [3.63, 3.8) is 0 Å². The third-order valence-corrected chi connectivity index (χ3v) is 5.36. The zero-order valence-electron chi connectivity index (χ0n) is 16.3. The summed E-state index contributed by atoms with van der Waals surface area (Å²) in [6.45, 7) is 8.34. The maximum absolute atomic E-state index is 5.29. The van der Waals surface area contributed by atoms with E-state index in [-0.39, 0.29) is 0 Å². The summed E-state index contributed by atoms with van der Waals surface area (Å²) >= 11 is 1.73. The fraction of sp³-hybridized carbons (Fsp3) is 0.333. The van der Waals surface area contributed by atoms with E-state index in [1.807, 2.05) is 19.1 Å². The lowest BCUT2D eigenvalue weighted by Gasteiger charge is -2.11. The topological polar surface area (TPSA) is 58.5 Å². The number of benzene rings is 2. The Bertz CT molecular complexity index is 949. The van der Waals surface area contributed by atoms with Gasteiger partial charge in [0, 0.05) is 11.4 Å². The number of aliphatic imine (C=N–C) groups is 1. The molecule has 0 saturated heterocycles. The van der Waals surface area contributed by atoms with Crippen LogP contribution in [0.25, 0.3) is 10.8 Å². The molecule has 6 heteroatoms. The first kappa shape index (κ1) is 19.2. The fourth-order valence-corrected chi connectivity index (χ4v) is 3.79. The second-order valence-corrected chi connectivity index (χ2v) is 7.63. The Labute approximate surface area is 164 Å². The first-order chi connectivity index (χ1) is 13.1. The molecule has 2 aromatic carbocycles. The summed E-state index contributed by atoms with van der Waals surface area (Å²) in [6, 6.07) is 12.5. The van der Waals surface area contributed by atoms with Crippen LogP contribution < -0.4 is 15.4 Å². The standard InChI is InChI=1S/C21H26N4OS/c1-5-22-21(24-13-20-14(2)25-15(3)27-20)23-12-16-6-7-18-11-19(26-4)9-8-17(18)10-16/h6-11H,5,12-13H2,1-4H3,(H2,22,23,24). The molecule has 1 aromatic heterocycles. The first-order valence-corrected chi connectivity index (χ1v) is 9.92. The molecule has 1 heterocycles. The Morgan fingerprint density at radius 3 is 2.59 bits per heavy atom. The molecule has 0 unspecified atom stereocenters. The van der Waals surface area contributed by atoms with Gasteiger partial charge in [0.2, 0.25) is 0 Å². The van der Waals surface area contributed by atoms with Gasteiger partial charge in [-0.05, 0) is 55.3 Å². The Balaban J connectivity index is 1.70. The molecular weight excluding hydrogens is 356 g/mol. The first-order valence-electron chi connectivity index (χ1n) is 9.11. The second-order valence-electron chi connectivity index (χ2n) is 6.34. The minimum atomic E-state index is 0.623. The van der Waals surface area contributed by atoms with E-state index in [0.29, 0.717) is 6.54 Å². The van der Waals surface area contributed by atoms with E-state index in [0.717, 1.165) is 35.5 Å². The zero-order chi connectivity index (χ0) is 19.2. The molecule has 0 bridgehead atoms. The van der Waals surface area contributed by atoms with Gasteiger partial charge in [0.05, 0.1) is 30.9 Å². The molecule has 0 amide bonds. The molecule has 0 radical (unpaired) electrons. The third kappa shape index (κ3) is 4.98. The van der Waals surface area contributed by atoms with E-state index in [2.05, 4.69) is 53.7 Å². The Kier molecular flexibility index (Phi) is 6.29. The molecule has 0 spiro atoms. The summed E-state index contributed by atoms with van der Waals surface area (Å²) in [5.41, 5.74) is 2.26. The Hall–Kier alpha value is -2.60.